The zero-order valence-electron chi connectivity index (χ0n) is 17.5. The van der Waals surface area contributed by atoms with E-state index in [1.54, 1.807) is 26.2 Å². The van der Waals surface area contributed by atoms with Gasteiger partial charge in [-0.25, -0.2) is 13.5 Å². The highest BCUT2D eigenvalue weighted by Gasteiger charge is 2.21. The van der Waals surface area contributed by atoms with Crippen LogP contribution in [0.3, 0.4) is 0 Å². The van der Waals surface area contributed by atoms with E-state index < -0.39 is 23.1 Å². The number of amides is 1. The van der Waals surface area contributed by atoms with Crippen molar-refractivity contribution in [2.75, 3.05) is 6.54 Å². The largest absolute Gasteiger partial charge is 0.348 e. The summed E-state index contributed by atoms with van der Waals surface area (Å²) in [5.74, 6) is -2.44. The second kappa shape index (κ2) is 8.62. The average molecular weight is 437 g/mol. The van der Waals surface area contributed by atoms with Gasteiger partial charge in [0.1, 0.15) is 5.56 Å². The van der Waals surface area contributed by atoms with E-state index >= 15 is 0 Å². The normalized spacial score (nSPS) is 11.5. The van der Waals surface area contributed by atoms with Gasteiger partial charge in [0, 0.05) is 24.7 Å². The Morgan fingerprint density at radius 1 is 1.19 bits per heavy atom. The number of nitrogens with zero attached hydrogens (tertiary/aromatic N) is 3. The van der Waals surface area contributed by atoms with Crippen molar-refractivity contribution in [3.63, 3.8) is 0 Å². The summed E-state index contributed by atoms with van der Waals surface area (Å²) < 4.78 is 29.5. The molecule has 2 heterocycles. The monoisotopic (exact) mass is 437 g/mol. The van der Waals surface area contributed by atoms with Crippen molar-refractivity contribution < 1.29 is 13.6 Å². The number of hydrogen-bond acceptors (Lipinski definition) is 3. The number of hydrogen-bond donors (Lipinski definition) is 2. The zero-order chi connectivity index (χ0) is 22.8. The molecule has 0 aliphatic rings. The van der Waals surface area contributed by atoms with E-state index in [0.29, 0.717) is 11.3 Å². The van der Waals surface area contributed by atoms with Gasteiger partial charge in [0.2, 0.25) is 0 Å². The van der Waals surface area contributed by atoms with Gasteiger partial charge in [0.05, 0.1) is 18.3 Å². The summed E-state index contributed by atoms with van der Waals surface area (Å²) in [5, 5.41) is 10.6. The van der Waals surface area contributed by atoms with Gasteiger partial charge in [0.25, 0.3) is 11.5 Å². The molecule has 9 heteroatoms. The van der Waals surface area contributed by atoms with Crippen LogP contribution < -0.4 is 10.9 Å². The van der Waals surface area contributed by atoms with Crippen molar-refractivity contribution >= 4 is 22.9 Å². The number of fused-ring (bicyclic) bond motifs is 1. The van der Waals surface area contributed by atoms with Crippen LogP contribution in [0.4, 0.5) is 8.78 Å². The molecule has 32 heavy (non-hydrogen) atoms. The van der Waals surface area contributed by atoms with Crippen LogP contribution >= 0.6 is 0 Å². The summed E-state index contributed by atoms with van der Waals surface area (Å²) in [6.45, 7) is 1.90. The maximum absolute atomic E-state index is 13.5. The van der Waals surface area contributed by atoms with Crippen molar-refractivity contribution in [1.29, 1.82) is 0 Å². The number of halogens is 2. The molecule has 4 rings (SSSR count). The molecule has 2 aromatic heterocycles. The first kappa shape index (κ1) is 21.2. The molecular weight excluding hydrogens is 416 g/mol. The number of rotatable bonds is 6. The van der Waals surface area contributed by atoms with Crippen LogP contribution in [0.5, 0.6) is 0 Å². The summed E-state index contributed by atoms with van der Waals surface area (Å²) in [4.78, 5) is 25.5. The van der Waals surface area contributed by atoms with E-state index in [0.717, 1.165) is 28.6 Å². The van der Waals surface area contributed by atoms with Crippen LogP contribution in [-0.2, 0) is 13.6 Å². The molecule has 0 atom stereocenters. The van der Waals surface area contributed by atoms with Crippen LogP contribution in [0, 0.1) is 18.6 Å². The van der Waals surface area contributed by atoms with Gasteiger partial charge < -0.3 is 5.32 Å². The molecule has 0 spiro atoms. The van der Waals surface area contributed by atoms with Crippen molar-refractivity contribution in [2.45, 2.75) is 13.5 Å². The van der Waals surface area contributed by atoms with Crippen molar-refractivity contribution in [2.24, 2.45) is 7.05 Å². The van der Waals surface area contributed by atoms with E-state index in [1.807, 2.05) is 24.3 Å². The molecule has 0 radical (unpaired) electrons. The highest BCUT2D eigenvalue weighted by Crippen LogP contribution is 2.14. The molecule has 0 fully saturated rings. The summed E-state index contributed by atoms with van der Waals surface area (Å²) in [6.07, 6.45) is 5.39. The number of aromatic amines is 1. The van der Waals surface area contributed by atoms with Crippen molar-refractivity contribution in [3.05, 3.63) is 93.0 Å². The molecule has 7 nitrogen and oxygen atoms in total. The van der Waals surface area contributed by atoms with Gasteiger partial charge in [-0.05, 0) is 36.2 Å². The Balaban J connectivity index is 1.46. The minimum Gasteiger partial charge on any atom is -0.348 e. The Morgan fingerprint density at radius 3 is 2.78 bits per heavy atom. The average Bonchev–Trinajstić information content (AvgIpc) is 3.32. The quantitative estimate of drug-likeness (QED) is 0.486. The number of H-pyrrole nitrogens is 1. The number of nitrogens with one attached hydrogen (secondary N) is 2. The summed E-state index contributed by atoms with van der Waals surface area (Å²) >= 11 is 0. The van der Waals surface area contributed by atoms with E-state index in [9.17, 15) is 18.4 Å². The highest BCUT2D eigenvalue weighted by atomic mass is 19.2. The van der Waals surface area contributed by atoms with Crippen LogP contribution in [0.2, 0.25) is 0 Å². The summed E-state index contributed by atoms with van der Waals surface area (Å²) in [6, 6.07) is 9.27. The highest BCUT2D eigenvalue weighted by molar-refractivity contribution is 5.95. The zero-order valence-corrected chi connectivity index (χ0v) is 17.5. The van der Waals surface area contributed by atoms with Crippen molar-refractivity contribution in [3.8, 4) is 0 Å². The van der Waals surface area contributed by atoms with E-state index in [1.165, 1.54) is 15.4 Å². The Kier molecular flexibility index (Phi) is 5.72. The molecule has 2 N–H and O–H groups in total. The Morgan fingerprint density at radius 2 is 2.00 bits per heavy atom. The molecule has 4 aromatic rings. The van der Waals surface area contributed by atoms with Crippen LogP contribution in [0.25, 0.3) is 17.0 Å². The molecule has 164 valence electrons. The third-order valence-corrected chi connectivity index (χ3v) is 5.36. The Bertz CT molecular complexity index is 1400. The molecule has 0 aliphatic carbocycles. The van der Waals surface area contributed by atoms with E-state index in [-0.39, 0.29) is 18.7 Å². The second-order valence-electron chi connectivity index (χ2n) is 7.42. The summed E-state index contributed by atoms with van der Waals surface area (Å²) in [5.41, 5.74) is 2.27. The maximum atomic E-state index is 13.5. The Labute approximate surface area is 182 Å². The van der Waals surface area contributed by atoms with Crippen LogP contribution in [0.15, 0.2) is 53.5 Å². The minimum atomic E-state index is -0.988. The van der Waals surface area contributed by atoms with Gasteiger partial charge >= 0.3 is 0 Å². The molecule has 0 unspecified atom stereocenters. The SMILES string of the molecule is Cc1c(C(=O)NC/C=C\c2ccc3cn[nH]c3c2)c(=O)n(Cc2ccc(F)c(F)c2)n1C. The van der Waals surface area contributed by atoms with Gasteiger partial charge in [-0.15, -0.1) is 0 Å². The van der Waals surface area contributed by atoms with Gasteiger partial charge in [-0.3, -0.25) is 19.4 Å². The molecule has 1 amide bonds. The lowest BCUT2D eigenvalue weighted by Crippen LogP contribution is -2.31. The predicted molar refractivity (Wildman–Crippen MR) is 117 cm³/mol. The molecule has 2 aromatic carbocycles. The molecule has 0 bridgehead atoms. The van der Waals surface area contributed by atoms with Crippen LogP contribution in [0.1, 0.15) is 27.2 Å². The van der Waals surface area contributed by atoms with E-state index in [4.69, 9.17) is 0 Å². The molecular formula is C23H21F2N5O2. The van der Waals surface area contributed by atoms with Gasteiger partial charge in [-0.1, -0.05) is 30.4 Å². The van der Waals surface area contributed by atoms with Gasteiger partial charge in [0.15, 0.2) is 11.6 Å². The van der Waals surface area contributed by atoms with Gasteiger partial charge in [-0.2, -0.15) is 5.10 Å². The number of carbonyl (C=O) groups excluding carboxylic acids is 1. The third kappa shape index (κ3) is 4.09. The summed E-state index contributed by atoms with van der Waals surface area (Å²) in [7, 11) is 1.64. The van der Waals surface area contributed by atoms with Crippen molar-refractivity contribution in [1.82, 2.24) is 24.9 Å². The lowest BCUT2D eigenvalue weighted by atomic mass is 10.1. The first-order valence-electron chi connectivity index (χ1n) is 9.93. The topological polar surface area (TPSA) is 84.7 Å². The molecule has 0 saturated carbocycles. The fourth-order valence-electron chi connectivity index (χ4n) is 3.51. The number of carbonyl (C=O) groups is 1. The fraction of sp³-hybridized carbons (Fsp3) is 0.174. The fourth-order valence-corrected chi connectivity index (χ4v) is 3.51. The number of aromatic nitrogens is 4. The minimum absolute atomic E-state index is 0.0106. The maximum Gasteiger partial charge on any atom is 0.280 e. The van der Waals surface area contributed by atoms with Crippen LogP contribution in [-0.4, -0.2) is 32.0 Å². The smallest absolute Gasteiger partial charge is 0.280 e. The van der Waals surface area contributed by atoms with E-state index in [2.05, 4.69) is 15.5 Å². The standard InChI is InChI=1S/C23H21F2N5O2/c1-14-21(23(32)30(29(14)2)13-16-6-8-18(24)19(25)10-16)22(31)26-9-3-4-15-5-7-17-12-27-28-20(17)11-15/h3-8,10-12H,9,13H2,1-2H3,(H,26,31)(H,27,28)/b4-3-. The molecule has 0 saturated heterocycles. The Hall–Kier alpha value is -4.01. The second-order valence-corrected chi connectivity index (χ2v) is 7.42. The lowest BCUT2D eigenvalue weighted by Gasteiger charge is -2.08. The predicted octanol–water partition coefficient (Wildman–Crippen LogP) is 3.14. The third-order valence-electron chi connectivity index (χ3n) is 5.36. The first-order valence-corrected chi connectivity index (χ1v) is 9.93. The lowest BCUT2D eigenvalue weighted by molar-refractivity contribution is 0.0956. The molecule has 0 aliphatic heterocycles. The first-order chi connectivity index (χ1) is 15.3. The number of benzene rings is 2.